The van der Waals surface area contributed by atoms with Gasteiger partial charge in [-0.05, 0) is 37.6 Å². The molecule has 8 heteroatoms. The normalized spacial score (nSPS) is 24.3. The van der Waals surface area contributed by atoms with Gasteiger partial charge in [0, 0.05) is 24.9 Å². The Morgan fingerprint density at radius 1 is 1.38 bits per heavy atom. The summed E-state index contributed by atoms with van der Waals surface area (Å²) >= 11 is 1.64. The molecule has 7 nitrogen and oxygen atoms in total. The maximum atomic E-state index is 12.8. The number of hydrogen-bond donors (Lipinski definition) is 1. The molecule has 2 saturated heterocycles. The average Bonchev–Trinajstić information content (AvgIpc) is 3.11. The highest BCUT2D eigenvalue weighted by Gasteiger charge is 2.53. The van der Waals surface area contributed by atoms with Crippen molar-refractivity contribution < 1.29 is 19.1 Å². The van der Waals surface area contributed by atoms with Gasteiger partial charge in [-0.3, -0.25) is 14.4 Å². The summed E-state index contributed by atoms with van der Waals surface area (Å²) < 4.78 is 5.08. The lowest BCUT2D eigenvalue weighted by Crippen LogP contribution is -2.51. The maximum absolute atomic E-state index is 12.8. The second kappa shape index (κ2) is 7.19. The van der Waals surface area contributed by atoms with Gasteiger partial charge >= 0.3 is 0 Å². The molecule has 2 aliphatic rings. The van der Waals surface area contributed by atoms with Crippen molar-refractivity contribution in [2.75, 3.05) is 31.8 Å². The third-order valence-corrected chi connectivity index (χ3v) is 6.37. The van der Waals surface area contributed by atoms with Gasteiger partial charge in [0.1, 0.15) is 11.8 Å². The lowest BCUT2D eigenvalue weighted by atomic mass is 10.2. The van der Waals surface area contributed by atoms with Crippen molar-refractivity contribution >= 4 is 35.2 Å². The van der Waals surface area contributed by atoms with Crippen molar-refractivity contribution in [2.45, 2.75) is 30.7 Å². The SMILES string of the molecule is COc1ccc(NC(=O)CN(C)C(=O)[C@@H]2CS[C@@]3(C)CCC(=O)N23)cc1. The number of hydrogen-bond acceptors (Lipinski definition) is 5. The van der Waals surface area contributed by atoms with Crippen LogP contribution in [-0.2, 0) is 14.4 Å². The number of ether oxygens (including phenoxy) is 1. The summed E-state index contributed by atoms with van der Waals surface area (Å²) in [4.78, 5) is 40.0. The molecule has 3 rings (SSSR count). The molecule has 1 aromatic rings. The van der Waals surface area contributed by atoms with E-state index in [0.717, 1.165) is 6.42 Å². The van der Waals surface area contributed by atoms with Crippen LogP contribution in [0.5, 0.6) is 5.75 Å². The number of benzene rings is 1. The summed E-state index contributed by atoms with van der Waals surface area (Å²) in [5.41, 5.74) is 0.635. The number of nitrogens with zero attached hydrogens (tertiary/aromatic N) is 2. The fraction of sp³-hybridized carbons (Fsp3) is 0.500. The third-order valence-electron chi connectivity index (χ3n) is 4.86. The van der Waals surface area contributed by atoms with E-state index in [9.17, 15) is 14.4 Å². The Morgan fingerprint density at radius 2 is 2.08 bits per heavy atom. The Hall–Kier alpha value is -2.22. The summed E-state index contributed by atoms with van der Waals surface area (Å²) in [5.74, 6) is 0.818. The number of nitrogens with one attached hydrogen (secondary N) is 1. The van der Waals surface area contributed by atoms with Gasteiger partial charge < -0.3 is 19.9 Å². The molecule has 0 bridgehead atoms. The first kappa shape index (κ1) is 18.6. The van der Waals surface area contributed by atoms with Gasteiger partial charge in [0.25, 0.3) is 0 Å². The van der Waals surface area contributed by atoms with E-state index in [4.69, 9.17) is 4.74 Å². The fourth-order valence-corrected chi connectivity index (χ4v) is 4.85. The largest absolute Gasteiger partial charge is 0.497 e. The summed E-state index contributed by atoms with van der Waals surface area (Å²) in [6.07, 6.45) is 1.25. The molecule has 0 aliphatic carbocycles. The van der Waals surface area contributed by atoms with Crippen LogP contribution in [0.2, 0.25) is 0 Å². The zero-order chi connectivity index (χ0) is 18.9. The zero-order valence-corrected chi connectivity index (χ0v) is 16.0. The molecular formula is C18H23N3O4S. The molecule has 0 unspecified atom stereocenters. The summed E-state index contributed by atoms with van der Waals surface area (Å²) in [6.45, 7) is 1.94. The van der Waals surface area contributed by atoms with Crippen molar-refractivity contribution in [3.8, 4) is 5.75 Å². The molecule has 0 radical (unpaired) electrons. The number of carbonyl (C=O) groups is 3. The van der Waals surface area contributed by atoms with Gasteiger partial charge in [-0.2, -0.15) is 0 Å². The fourth-order valence-electron chi connectivity index (χ4n) is 3.43. The molecule has 1 N–H and O–H groups in total. The molecule has 0 saturated carbocycles. The zero-order valence-electron chi connectivity index (χ0n) is 15.2. The second-order valence-corrected chi connectivity index (χ2v) is 8.24. The number of likely N-dealkylation sites (N-methyl/N-ethyl adjacent to an activating group) is 1. The summed E-state index contributed by atoms with van der Waals surface area (Å²) in [5, 5.41) is 2.76. The summed E-state index contributed by atoms with van der Waals surface area (Å²) in [6, 6.07) is 6.49. The first-order valence-electron chi connectivity index (χ1n) is 8.49. The highest BCUT2D eigenvalue weighted by Crippen LogP contribution is 2.47. The Morgan fingerprint density at radius 3 is 2.73 bits per heavy atom. The maximum Gasteiger partial charge on any atom is 0.246 e. The van der Waals surface area contributed by atoms with E-state index >= 15 is 0 Å². The Bertz CT molecular complexity index is 724. The molecular weight excluding hydrogens is 354 g/mol. The molecule has 0 spiro atoms. The molecule has 26 heavy (non-hydrogen) atoms. The van der Waals surface area contributed by atoms with Gasteiger partial charge in [0.05, 0.1) is 18.5 Å². The van der Waals surface area contributed by atoms with Crippen LogP contribution in [0.1, 0.15) is 19.8 Å². The number of fused-ring (bicyclic) bond motifs is 1. The van der Waals surface area contributed by atoms with E-state index in [1.165, 1.54) is 4.90 Å². The van der Waals surface area contributed by atoms with E-state index in [-0.39, 0.29) is 29.1 Å². The quantitative estimate of drug-likeness (QED) is 0.842. The predicted octanol–water partition coefficient (Wildman–Crippen LogP) is 1.55. The number of methoxy groups -OCH3 is 1. The van der Waals surface area contributed by atoms with E-state index < -0.39 is 6.04 Å². The number of anilines is 1. The third kappa shape index (κ3) is 3.51. The Labute approximate surface area is 157 Å². The highest BCUT2D eigenvalue weighted by atomic mass is 32.2. The van der Waals surface area contributed by atoms with Crippen LogP contribution in [0.4, 0.5) is 5.69 Å². The number of rotatable bonds is 5. The van der Waals surface area contributed by atoms with Crippen molar-refractivity contribution in [3.05, 3.63) is 24.3 Å². The van der Waals surface area contributed by atoms with E-state index in [0.29, 0.717) is 23.6 Å². The Balaban J connectivity index is 1.58. The van der Waals surface area contributed by atoms with Gasteiger partial charge in [-0.15, -0.1) is 11.8 Å². The van der Waals surface area contributed by atoms with Crippen LogP contribution >= 0.6 is 11.8 Å². The van der Waals surface area contributed by atoms with Crippen LogP contribution in [-0.4, -0.2) is 64.9 Å². The second-order valence-electron chi connectivity index (χ2n) is 6.74. The highest BCUT2D eigenvalue weighted by molar-refractivity contribution is 8.01. The van der Waals surface area contributed by atoms with Crippen LogP contribution in [0.15, 0.2) is 24.3 Å². The molecule has 2 heterocycles. The molecule has 140 valence electrons. The lowest BCUT2D eigenvalue weighted by molar-refractivity contribution is -0.143. The number of carbonyl (C=O) groups excluding carboxylic acids is 3. The van der Waals surface area contributed by atoms with Crippen molar-refractivity contribution in [1.29, 1.82) is 0 Å². The van der Waals surface area contributed by atoms with Crippen molar-refractivity contribution in [2.24, 2.45) is 0 Å². The van der Waals surface area contributed by atoms with Crippen LogP contribution in [0.3, 0.4) is 0 Å². The van der Waals surface area contributed by atoms with E-state index in [2.05, 4.69) is 5.32 Å². The minimum absolute atomic E-state index is 0.0203. The average molecular weight is 377 g/mol. The molecule has 2 aliphatic heterocycles. The molecule has 2 atom stereocenters. The monoisotopic (exact) mass is 377 g/mol. The van der Waals surface area contributed by atoms with Crippen LogP contribution < -0.4 is 10.1 Å². The minimum Gasteiger partial charge on any atom is -0.497 e. The minimum atomic E-state index is -0.487. The number of thioether (sulfide) groups is 1. The van der Waals surface area contributed by atoms with Gasteiger partial charge in [0.2, 0.25) is 17.7 Å². The molecule has 3 amide bonds. The van der Waals surface area contributed by atoms with Crippen LogP contribution in [0.25, 0.3) is 0 Å². The van der Waals surface area contributed by atoms with Gasteiger partial charge in [-0.25, -0.2) is 0 Å². The molecule has 2 fully saturated rings. The lowest BCUT2D eigenvalue weighted by Gasteiger charge is -2.31. The Kier molecular flexibility index (Phi) is 5.13. The standard InChI is InChI=1S/C18H23N3O4S/c1-18-9-8-16(23)21(18)14(11-26-18)17(24)20(2)10-15(22)19-12-4-6-13(25-3)7-5-12/h4-7,14H,8-11H2,1-3H3,(H,19,22)/t14-,18-/m0/s1. The first-order valence-corrected chi connectivity index (χ1v) is 9.47. The topological polar surface area (TPSA) is 79.0 Å². The summed E-state index contributed by atoms with van der Waals surface area (Å²) in [7, 11) is 3.17. The molecule has 0 aromatic heterocycles. The molecule has 1 aromatic carbocycles. The van der Waals surface area contributed by atoms with Gasteiger partial charge in [-0.1, -0.05) is 0 Å². The number of amides is 3. The van der Waals surface area contributed by atoms with Crippen LogP contribution in [0, 0.1) is 0 Å². The van der Waals surface area contributed by atoms with E-state index in [1.807, 2.05) is 6.92 Å². The van der Waals surface area contributed by atoms with E-state index in [1.54, 1.807) is 55.1 Å². The van der Waals surface area contributed by atoms with Crippen molar-refractivity contribution in [1.82, 2.24) is 9.80 Å². The van der Waals surface area contributed by atoms with Gasteiger partial charge in [0.15, 0.2) is 0 Å². The first-order chi connectivity index (χ1) is 12.3. The predicted molar refractivity (Wildman–Crippen MR) is 100.0 cm³/mol. The smallest absolute Gasteiger partial charge is 0.246 e. The van der Waals surface area contributed by atoms with Crippen molar-refractivity contribution in [3.63, 3.8) is 0 Å².